The summed E-state index contributed by atoms with van der Waals surface area (Å²) in [4.78, 5) is 8.06. The summed E-state index contributed by atoms with van der Waals surface area (Å²) in [7, 11) is 0. The van der Waals surface area contributed by atoms with Crippen molar-refractivity contribution in [3.05, 3.63) is 45.3 Å². The molecule has 0 atom stereocenters. The van der Waals surface area contributed by atoms with Gasteiger partial charge in [0.25, 0.3) is 0 Å². The number of nitrogens with one attached hydrogen (secondary N) is 1. The summed E-state index contributed by atoms with van der Waals surface area (Å²) in [5.74, 6) is -0.986. The molecule has 21 heavy (non-hydrogen) atoms. The first kappa shape index (κ1) is 16.1. The molecule has 0 bridgehead atoms. The fourth-order valence-electron chi connectivity index (χ4n) is 1.58. The number of hydrogen-bond acceptors (Lipinski definition) is 4. The van der Waals surface area contributed by atoms with Crippen LogP contribution in [0.3, 0.4) is 0 Å². The van der Waals surface area contributed by atoms with Crippen molar-refractivity contribution >= 4 is 39.0 Å². The van der Waals surface area contributed by atoms with Crippen LogP contribution >= 0.6 is 27.5 Å². The van der Waals surface area contributed by atoms with Gasteiger partial charge in [0.05, 0.1) is 0 Å². The van der Waals surface area contributed by atoms with E-state index >= 15 is 0 Å². The number of ether oxygens (including phenoxy) is 1. The first-order valence-corrected chi connectivity index (χ1v) is 7.19. The first-order valence-electron chi connectivity index (χ1n) is 6.02. The van der Waals surface area contributed by atoms with Crippen LogP contribution in [0.5, 0.6) is 0 Å². The van der Waals surface area contributed by atoms with Crippen molar-refractivity contribution in [2.45, 2.75) is 13.5 Å². The van der Waals surface area contributed by atoms with E-state index in [9.17, 15) is 8.78 Å². The highest BCUT2D eigenvalue weighted by molar-refractivity contribution is 9.10. The third-order valence-electron chi connectivity index (χ3n) is 2.44. The SMILES string of the molecule is CCOCc1nc(Cl)cc(Nc2c(F)cc(Br)cc2F)n1. The van der Waals surface area contributed by atoms with Gasteiger partial charge in [0.1, 0.15) is 23.3 Å². The van der Waals surface area contributed by atoms with Crippen LogP contribution in [0, 0.1) is 11.6 Å². The summed E-state index contributed by atoms with van der Waals surface area (Å²) in [6, 6.07) is 3.67. The molecule has 1 N–H and O–H groups in total. The molecule has 0 saturated carbocycles. The minimum absolute atomic E-state index is 0.153. The number of aromatic nitrogens is 2. The molecule has 0 aliphatic heterocycles. The van der Waals surface area contributed by atoms with Gasteiger partial charge in [-0.3, -0.25) is 0 Å². The molecule has 0 saturated heterocycles. The Kier molecular flexibility index (Phi) is 5.44. The zero-order valence-corrected chi connectivity index (χ0v) is 13.3. The van der Waals surface area contributed by atoms with Gasteiger partial charge in [-0.05, 0) is 19.1 Å². The predicted molar refractivity (Wildman–Crippen MR) is 79.7 cm³/mol. The summed E-state index contributed by atoms with van der Waals surface area (Å²) >= 11 is 8.87. The first-order chi connectivity index (χ1) is 9.99. The molecule has 1 aromatic carbocycles. The molecule has 0 spiro atoms. The van der Waals surface area contributed by atoms with E-state index in [0.717, 1.165) is 12.1 Å². The van der Waals surface area contributed by atoms with Gasteiger partial charge in [0, 0.05) is 17.1 Å². The molecule has 2 aromatic rings. The Balaban J connectivity index is 2.29. The van der Waals surface area contributed by atoms with Crippen LogP contribution in [0.2, 0.25) is 5.15 Å². The standard InChI is InChI=1S/C13H11BrClF2N3O/c1-2-21-6-12-18-10(15)5-11(19-12)20-13-8(16)3-7(14)4-9(13)17/h3-5H,2,6H2,1H3,(H,18,19,20). The monoisotopic (exact) mass is 377 g/mol. The van der Waals surface area contributed by atoms with E-state index in [0.29, 0.717) is 16.9 Å². The average molecular weight is 379 g/mol. The maximum absolute atomic E-state index is 13.8. The molecule has 0 aliphatic carbocycles. The van der Waals surface area contributed by atoms with E-state index in [1.54, 1.807) is 0 Å². The molecule has 0 unspecified atom stereocenters. The van der Waals surface area contributed by atoms with Crippen LogP contribution < -0.4 is 5.32 Å². The minimum Gasteiger partial charge on any atom is -0.374 e. The molecular weight excluding hydrogens is 368 g/mol. The van der Waals surface area contributed by atoms with Crippen molar-refractivity contribution in [1.82, 2.24) is 9.97 Å². The molecule has 0 amide bonds. The second-order valence-electron chi connectivity index (χ2n) is 4.00. The predicted octanol–water partition coefficient (Wildman–Crippen LogP) is 4.45. The lowest BCUT2D eigenvalue weighted by molar-refractivity contribution is 0.128. The molecule has 1 aromatic heterocycles. The van der Waals surface area contributed by atoms with Crippen molar-refractivity contribution in [3.8, 4) is 0 Å². The largest absolute Gasteiger partial charge is 0.374 e. The van der Waals surface area contributed by atoms with Crippen LogP contribution in [-0.2, 0) is 11.3 Å². The maximum Gasteiger partial charge on any atom is 0.158 e. The van der Waals surface area contributed by atoms with E-state index in [-0.39, 0.29) is 23.3 Å². The molecule has 0 radical (unpaired) electrons. The molecule has 0 fully saturated rings. The summed E-state index contributed by atoms with van der Waals surface area (Å²) in [5, 5.41) is 2.72. The lowest BCUT2D eigenvalue weighted by Crippen LogP contribution is -2.05. The Morgan fingerprint density at radius 1 is 1.24 bits per heavy atom. The number of rotatable bonds is 5. The normalized spacial score (nSPS) is 10.7. The molecule has 1 heterocycles. The van der Waals surface area contributed by atoms with Gasteiger partial charge in [-0.15, -0.1) is 0 Å². The smallest absolute Gasteiger partial charge is 0.158 e. The van der Waals surface area contributed by atoms with Gasteiger partial charge >= 0.3 is 0 Å². The van der Waals surface area contributed by atoms with Crippen molar-refractivity contribution in [1.29, 1.82) is 0 Å². The molecule has 112 valence electrons. The molecule has 2 rings (SSSR count). The van der Waals surface area contributed by atoms with Gasteiger partial charge in [-0.2, -0.15) is 0 Å². The van der Waals surface area contributed by atoms with Crippen LogP contribution in [-0.4, -0.2) is 16.6 Å². The van der Waals surface area contributed by atoms with Crippen LogP contribution in [0.4, 0.5) is 20.3 Å². The minimum atomic E-state index is -0.747. The summed E-state index contributed by atoms with van der Waals surface area (Å²) in [6.45, 7) is 2.49. The number of benzene rings is 1. The van der Waals surface area contributed by atoms with E-state index < -0.39 is 11.6 Å². The van der Waals surface area contributed by atoms with E-state index in [2.05, 4.69) is 31.2 Å². The second-order valence-corrected chi connectivity index (χ2v) is 5.30. The summed E-state index contributed by atoms with van der Waals surface area (Å²) < 4.78 is 33.0. The number of anilines is 2. The van der Waals surface area contributed by atoms with Gasteiger partial charge in [-0.1, -0.05) is 27.5 Å². The van der Waals surface area contributed by atoms with Crippen LogP contribution in [0.1, 0.15) is 12.7 Å². The van der Waals surface area contributed by atoms with Gasteiger partial charge in [0.15, 0.2) is 17.5 Å². The van der Waals surface area contributed by atoms with Gasteiger partial charge < -0.3 is 10.1 Å². The molecule has 0 aliphatic rings. The number of halogens is 4. The van der Waals surface area contributed by atoms with Crippen LogP contribution in [0.25, 0.3) is 0 Å². The van der Waals surface area contributed by atoms with Crippen molar-refractivity contribution in [3.63, 3.8) is 0 Å². The molecule has 4 nitrogen and oxygen atoms in total. The van der Waals surface area contributed by atoms with Crippen molar-refractivity contribution in [2.75, 3.05) is 11.9 Å². The highest BCUT2D eigenvalue weighted by Gasteiger charge is 2.12. The van der Waals surface area contributed by atoms with Gasteiger partial charge in [-0.25, -0.2) is 18.7 Å². The van der Waals surface area contributed by atoms with E-state index in [1.165, 1.54) is 6.07 Å². The van der Waals surface area contributed by atoms with E-state index in [1.807, 2.05) is 6.92 Å². The molecular formula is C13H11BrClF2N3O. The number of hydrogen-bond donors (Lipinski definition) is 1. The highest BCUT2D eigenvalue weighted by atomic mass is 79.9. The fraction of sp³-hybridized carbons (Fsp3) is 0.231. The topological polar surface area (TPSA) is 47.0 Å². The third-order valence-corrected chi connectivity index (χ3v) is 3.09. The van der Waals surface area contributed by atoms with Crippen molar-refractivity contribution in [2.24, 2.45) is 0 Å². The zero-order chi connectivity index (χ0) is 15.4. The quantitative estimate of drug-likeness (QED) is 0.781. The second kappa shape index (κ2) is 7.11. The average Bonchev–Trinajstić information content (AvgIpc) is 2.40. The Hall–Kier alpha value is -1.31. The zero-order valence-electron chi connectivity index (χ0n) is 11.0. The number of nitrogens with zero attached hydrogens (tertiary/aromatic N) is 2. The molecule has 8 heteroatoms. The fourth-order valence-corrected chi connectivity index (χ4v) is 2.18. The Labute approximate surface area is 133 Å². The lowest BCUT2D eigenvalue weighted by atomic mass is 10.3. The Bertz CT molecular complexity index is 634. The highest BCUT2D eigenvalue weighted by Crippen LogP contribution is 2.27. The lowest BCUT2D eigenvalue weighted by Gasteiger charge is -2.10. The Morgan fingerprint density at radius 3 is 2.52 bits per heavy atom. The third kappa shape index (κ3) is 4.33. The Morgan fingerprint density at radius 2 is 1.90 bits per heavy atom. The van der Waals surface area contributed by atoms with E-state index in [4.69, 9.17) is 16.3 Å². The van der Waals surface area contributed by atoms with Gasteiger partial charge in [0.2, 0.25) is 0 Å². The van der Waals surface area contributed by atoms with Crippen molar-refractivity contribution < 1.29 is 13.5 Å². The summed E-state index contributed by atoms with van der Waals surface area (Å²) in [6.07, 6.45) is 0. The van der Waals surface area contributed by atoms with Crippen LogP contribution in [0.15, 0.2) is 22.7 Å². The maximum atomic E-state index is 13.8. The summed E-state index contributed by atoms with van der Waals surface area (Å²) in [5.41, 5.74) is -0.310.